The highest BCUT2D eigenvalue weighted by Crippen LogP contribution is 2.13. The van der Waals surface area contributed by atoms with Gasteiger partial charge in [0.1, 0.15) is 5.52 Å². The molecule has 2 aromatic rings. The van der Waals surface area contributed by atoms with E-state index in [-0.39, 0.29) is 0 Å². The van der Waals surface area contributed by atoms with E-state index in [1.807, 2.05) is 0 Å². The first-order valence-corrected chi connectivity index (χ1v) is 5.46. The van der Waals surface area contributed by atoms with E-state index in [0.29, 0.717) is 17.6 Å². The number of nitrogens with zero attached hydrogens (tertiary/aromatic N) is 3. The Bertz CT molecular complexity index is 477. The zero-order chi connectivity index (χ0) is 10.8. The van der Waals surface area contributed by atoms with Gasteiger partial charge in [-0.1, -0.05) is 5.16 Å². The first kappa shape index (κ1) is 9.53. The lowest BCUT2D eigenvalue weighted by molar-refractivity contribution is 0.455. The SMILES string of the molecule is c1noc2cnc(NC3CCNCC3)nc12. The van der Waals surface area contributed by atoms with Crippen LogP contribution in [-0.4, -0.2) is 34.3 Å². The molecule has 1 aliphatic rings. The molecule has 6 heteroatoms. The Morgan fingerprint density at radius 3 is 3.06 bits per heavy atom. The second-order valence-corrected chi connectivity index (χ2v) is 3.94. The van der Waals surface area contributed by atoms with Gasteiger partial charge in [0.25, 0.3) is 0 Å². The Morgan fingerprint density at radius 1 is 1.31 bits per heavy atom. The minimum Gasteiger partial charge on any atom is -0.353 e. The Kier molecular flexibility index (Phi) is 2.41. The van der Waals surface area contributed by atoms with Gasteiger partial charge in [-0.25, -0.2) is 9.97 Å². The van der Waals surface area contributed by atoms with Crippen LogP contribution in [0, 0.1) is 0 Å². The van der Waals surface area contributed by atoms with Crippen molar-refractivity contribution < 1.29 is 4.52 Å². The molecule has 0 spiro atoms. The molecule has 3 heterocycles. The van der Waals surface area contributed by atoms with Gasteiger partial charge in [0.2, 0.25) is 11.5 Å². The third kappa shape index (κ3) is 1.83. The molecular weight excluding hydrogens is 206 g/mol. The van der Waals surface area contributed by atoms with Crippen LogP contribution in [0.3, 0.4) is 0 Å². The summed E-state index contributed by atoms with van der Waals surface area (Å²) in [5, 5.41) is 10.3. The van der Waals surface area contributed by atoms with Crippen molar-refractivity contribution in [3.63, 3.8) is 0 Å². The molecule has 3 rings (SSSR count). The molecule has 0 bridgehead atoms. The molecule has 16 heavy (non-hydrogen) atoms. The van der Waals surface area contributed by atoms with Crippen molar-refractivity contribution in [3.05, 3.63) is 12.4 Å². The molecule has 0 saturated carbocycles. The van der Waals surface area contributed by atoms with Crippen LogP contribution in [0.2, 0.25) is 0 Å². The molecule has 0 atom stereocenters. The minimum absolute atomic E-state index is 0.457. The maximum atomic E-state index is 4.95. The van der Waals surface area contributed by atoms with Gasteiger partial charge in [-0.15, -0.1) is 0 Å². The highest BCUT2D eigenvalue weighted by molar-refractivity contribution is 5.70. The summed E-state index contributed by atoms with van der Waals surface area (Å²) in [6, 6.07) is 0.457. The smallest absolute Gasteiger partial charge is 0.223 e. The van der Waals surface area contributed by atoms with Gasteiger partial charge in [0.05, 0.1) is 12.4 Å². The van der Waals surface area contributed by atoms with E-state index in [2.05, 4.69) is 25.8 Å². The van der Waals surface area contributed by atoms with Crippen LogP contribution < -0.4 is 10.6 Å². The molecule has 2 N–H and O–H groups in total. The van der Waals surface area contributed by atoms with E-state index in [0.717, 1.165) is 31.4 Å². The maximum absolute atomic E-state index is 4.95. The van der Waals surface area contributed by atoms with E-state index in [1.54, 1.807) is 12.4 Å². The van der Waals surface area contributed by atoms with Gasteiger partial charge < -0.3 is 15.2 Å². The summed E-state index contributed by atoms with van der Waals surface area (Å²) in [5.74, 6) is 0.655. The lowest BCUT2D eigenvalue weighted by Gasteiger charge is -2.23. The van der Waals surface area contributed by atoms with Crippen molar-refractivity contribution >= 4 is 17.0 Å². The summed E-state index contributed by atoms with van der Waals surface area (Å²) in [7, 11) is 0. The summed E-state index contributed by atoms with van der Waals surface area (Å²) in [6.45, 7) is 2.10. The molecule has 0 aromatic carbocycles. The largest absolute Gasteiger partial charge is 0.353 e. The molecule has 0 unspecified atom stereocenters. The number of fused-ring (bicyclic) bond motifs is 1. The third-order valence-electron chi connectivity index (χ3n) is 2.78. The Balaban J connectivity index is 1.77. The summed E-state index contributed by atoms with van der Waals surface area (Å²) in [4.78, 5) is 8.53. The number of aromatic nitrogens is 3. The van der Waals surface area contributed by atoms with Gasteiger partial charge in [-0.3, -0.25) is 0 Å². The molecule has 6 nitrogen and oxygen atoms in total. The van der Waals surface area contributed by atoms with Gasteiger partial charge in [-0.05, 0) is 25.9 Å². The molecule has 0 aliphatic carbocycles. The monoisotopic (exact) mass is 219 g/mol. The van der Waals surface area contributed by atoms with E-state index in [1.165, 1.54) is 0 Å². The van der Waals surface area contributed by atoms with Crippen LogP contribution in [0.5, 0.6) is 0 Å². The average molecular weight is 219 g/mol. The molecule has 0 amide bonds. The van der Waals surface area contributed by atoms with E-state index >= 15 is 0 Å². The first-order chi connectivity index (χ1) is 7.92. The predicted octanol–water partition coefficient (Wildman–Crippen LogP) is 0.782. The topological polar surface area (TPSA) is 75.9 Å². The standard InChI is InChI=1S/C10H13N5O/c1-3-11-4-2-7(1)14-10-12-6-9-8(15-10)5-13-16-9/h5-7,11H,1-4H2,(H,12,14,15). The molecular formula is C10H13N5O. The lowest BCUT2D eigenvalue weighted by Crippen LogP contribution is -2.35. The van der Waals surface area contributed by atoms with Gasteiger partial charge in [0, 0.05) is 6.04 Å². The fourth-order valence-electron chi connectivity index (χ4n) is 1.90. The first-order valence-electron chi connectivity index (χ1n) is 5.46. The second-order valence-electron chi connectivity index (χ2n) is 3.94. The van der Waals surface area contributed by atoms with E-state index in [9.17, 15) is 0 Å². The van der Waals surface area contributed by atoms with Crippen molar-refractivity contribution in [1.29, 1.82) is 0 Å². The van der Waals surface area contributed by atoms with Crippen molar-refractivity contribution in [1.82, 2.24) is 20.4 Å². The molecule has 2 aromatic heterocycles. The Morgan fingerprint density at radius 2 is 2.19 bits per heavy atom. The fourth-order valence-corrected chi connectivity index (χ4v) is 1.90. The van der Waals surface area contributed by atoms with Crippen molar-refractivity contribution in [2.24, 2.45) is 0 Å². The number of nitrogens with one attached hydrogen (secondary N) is 2. The molecule has 84 valence electrons. The molecule has 0 radical (unpaired) electrons. The van der Waals surface area contributed by atoms with Gasteiger partial charge >= 0.3 is 0 Å². The molecule has 1 aliphatic heterocycles. The van der Waals surface area contributed by atoms with Gasteiger partial charge in [0.15, 0.2) is 0 Å². The Hall–Kier alpha value is -1.69. The number of anilines is 1. The minimum atomic E-state index is 0.457. The zero-order valence-electron chi connectivity index (χ0n) is 8.81. The quantitative estimate of drug-likeness (QED) is 0.777. The van der Waals surface area contributed by atoms with Crippen LogP contribution in [-0.2, 0) is 0 Å². The summed E-state index contributed by atoms with van der Waals surface area (Å²) >= 11 is 0. The highest BCUT2D eigenvalue weighted by Gasteiger charge is 2.14. The predicted molar refractivity (Wildman–Crippen MR) is 59.1 cm³/mol. The molecule has 1 fully saturated rings. The van der Waals surface area contributed by atoms with E-state index < -0.39 is 0 Å². The van der Waals surface area contributed by atoms with Crippen molar-refractivity contribution in [3.8, 4) is 0 Å². The van der Waals surface area contributed by atoms with E-state index in [4.69, 9.17) is 4.52 Å². The van der Waals surface area contributed by atoms with Crippen molar-refractivity contribution in [2.45, 2.75) is 18.9 Å². The second kappa shape index (κ2) is 4.05. The normalized spacial score (nSPS) is 17.8. The summed E-state index contributed by atoms with van der Waals surface area (Å²) in [6.07, 6.45) is 5.46. The highest BCUT2D eigenvalue weighted by atomic mass is 16.5. The summed E-state index contributed by atoms with van der Waals surface area (Å²) in [5.41, 5.74) is 1.36. The van der Waals surface area contributed by atoms with Crippen LogP contribution in [0.4, 0.5) is 5.95 Å². The Labute approximate surface area is 92.4 Å². The van der Waals surface area contributed by atoms with Crippen LogP contribution in [0.15, 0.2) is 16.9 Å². The maximum Gasteiger partial charge on any atom is 0.223 e. The average Bonchev–Trinajstić information content (AvgIpc) is 2.77. The number of hydrogen-bond acceptors (Lipinski definition) is 6. The third-order valence-corrected chi connectivity index (χ3v) is 2.78. The van der Waals surface area contributed by atoms with Crippen LogP contribution in [0.25, 0.3) is 11.1 Å². The number of hydrogen-bond donors (Lipinski definition) is 2. The zero-order valence-corrected chi connectivity index (χ0v) is 8.81. The van der Waals surface area contributed by atoms with Gasteiger partial charge in [-0.2, -0.15) is 0 Å². The number of rotatable bonds is 2. The number of piperidine rings is 1. The lowest BCUT2D eigenvalue weighted by atomic mass is 10.1. The fraction of sp³-hybridized carbons (Fsp3) is 0.500. The van der Waals surface area contributed by atoms with Crippen LogP contribution >= 0.6 is 0 Å². The van der Waals surface area contributed by atoms with Crippen molar-refractivity contribution in [2.75, 3.05) is 18.4 Å². The summed E-state index contributed by atoms with van der Waals surface area (Å²) < 4.78 is 4.95. The van der Waals surface area contributed by atoms with Crippen LogP contribution in [0.1, 0.15) is 12.8 Å². The molecule has 1 saturated heterocycles.